The fraction of sp³-hybridized carbons (Fsp3) is 0.583. The molecular weight excluding hydrogens is 415 g/mol. The molecule has 0 aliphatic rings. The number of rotatable bonds is 9. The Bertz CT molecular complexity index is 229. The molecule has 0 N–H and O–H groups in total. The third kappa shape index (κ3) is 6.20. The van der Waals surface area contributed by atoms with Crippen LogP contribution in [-0.4, -0.2) is 34.7 Å². The second kappa shape index (κ2) is 10.1. The molecule has 0 bridgehead atoms. The molecule has 0 rings (SSSR count). The van der Waals surface area contributed by atoms with Crippen molar-refractivity contribution in [3.63, 3.8) is 0 Å². The van der Waals surface area contributed by atoms with Gasteiger partial charge in [-0.05, 0) is 0 Å². The standard InChI is InChI=1S/C12H18Br2SSe/c1-4-7-8-15-12(16)11(9(13)5-2)10(14)6-3/h5-6,9-11H,2-4,7-8H2,1H3. The summed E-state index contributed by atoms with van der Waals surface area (Å²) in [5.41, 5.74) is 0. The molecule has 16 heavy (non-hydrogen) atoms. The van der Waals surface area contributed by atoms with E-state index in [0.29, 0.717) is 5.92 Å². The zero-order valence-electron chi connectivity index (χ0n) is 9.49. The third-order valence-electron chi connectivity index (χ3n) is 2.15. The van der Waals surface area contributed by atoms with E-state index in [1.807, 2.05) is 23.9 Å². The molecule has 0 aromatic rings. The predicted octanol–water partition coefficient (Wildman–Crippen LogP) is 4.33. The van der Waals surface area contributed by atoms with Gasteiger partial charge in [-0.15, -0.1) is 0 Å². The molecule has 0 radical (unpaired) electrons. The van der Waals surface area contributed by atoms with Crippen molar-refractivity contribution in [3.05, 3.63) is 25.3 Å². The molecule has 0 spiro atoms. The van der Waals surface area contributed by atoms with Crippen LogP contribution in [-0.2, 0) is 0 Å². The van der Waals surface area contributed by atoms with Gasteiger partial charge >= 0.3 is 129 Å². The quantitative estimate of drug-likeness (QED) is 0.226. The number of unbranched alkanes of at least 4 members (excludes halogenated alkanes) is 1. The summed E-state index contributed by atoms with van der Waals surface area (Å²) in [6, 6.07) is 0. The molecule has 0 fully saturated rings. The summed E-state index contributed by atoms with van der Waals surface area (Å²) in [6.45, 7) is 9.89. The first-order valence-electron chi connectivity index (χ1n) is 5.28. The van der Waals surface area contributed by atoms with Crippen LogP contribution in [0.1, 0.15) is 19.8 Å². The molecule has 0 aromatic heterocycles. The Labute approximate surface area is 128 Å². The monoisotopic (exact) mass is 432 g/mol. The van der Waals surface area contributed by atoms with Gasteiger partial charge in [-0.1, -0.05) is 0 Å². The maximum absolute atomic E-state index is 3.84. The van der Waals surface area contributed by atoms with E-state index in [4.69, 9.17) is 0 Å². The first-order chi connectivity index (χ1) is 7.58. The Hall–Kier alpha value is 1.18. The van der Waals surface area contributed by atoms with Crippen molar-refractivity contribution in [3.8, 4) is 0 Å². The number of hydrogen-bond acceptors (Lipinski definition) is 1. The molecule has 0 nitrogen and oxygen atoms in total. The fourth-order valence-corrected chi connectivity index (χ4v) is 6.14. The molecule has 0 aliphatic heterocycles. The summed E-state index contributed by atoms with van der Waals surface area (Å²) in [6.07, 6.45) is 6.36. The molecule has 0 saturated carbocycles. The second-order valence-electron chi connectivity index (χ2n) is 3.41. The van der Waals surface area contributed by atoms with E-state index < -0.39 is 0 Å². The average Bonchev–Trinajstić information content (AvgIpc) is 2.29. The maximum atomic E-state index is 3.84. The minimum atomic E-state index is 0.264. The normalized spacial score (nSPS) is 16.2. The van der Waals surface area contributed by atoms with Crippen molar-refractivity contribution in [2.24, 2.45) is 5.92 Å². The van der Waals surface area contributed by atoms with Crippen LogP contribution in [0.15, 0.2) is 25.3 Å². The summed E-state index contributed by atoms with van der Waals surface area (Å²) in [7, 11) is 0. The summed E-state index contributed by atoms with van der Waals surface area (Å²) in [5, 5.41) is 0. The topological polar surface area (TPSA) is 0 Å². The van der Waals surface area contributed by atoms with Crippen molar-refractivity contribution >= 4 is 62.9 Å². The number of allylic oxidation sites excluding steroid dienone is 2. The van der Waals surface area contributed by atoms with Gasteiger partial charge in [-0.2, -0.15) is 0 Å². The van der Waals surface area contributed by atoms with Crippen molar-refractivity contribution in [2.75, 3.05) is 5.75 Å². The van der Waals surface area contributed by atoms with Gasteiger partial charge in [0.2, 0.25) is 0 Å². The van der Waals surface area contributed by atoms with Gasteiger partial charge in [-0.3, -0.25) is 0 Å². The van der Waals surface area contributed by atoms with Crippen LogP contribution in [0.4, 0.5) is 0 Å². The van der Waals surface area contributed by atoms with Crippen molar-refractivity contribution in [2.45, 2.75) is 29.4 Å². The SMILES string of the molecule is C=CC(Br)C(C(=[Se])SCCCC)C(Br)C=C. The van der Waals surface area contributed by atoms with Crippen molar-refractivity contribution < 1.29 is 0 Å². The summed E-state index contributed by atoms with van der Waals surface area (Å²) in [4.78, 5) is 0.528. The van der Waals surface area contributed by atoms with E-state index in [9.17, 15) is 0 Å². The molecule has 0 amide bonds. The van der Waals surface area contributed by atoms with E-state index in [0.717, 1.165) is 0 Å². The molecule has 0 saturated heterocycles. The Morgan fingerprint density at radius 1 is 1.31 bits per heavy atom. The number of thioether (sulfide) groups is 1. The van der Waals surface area contributed by atoms with Crippen LogP contribution in [0.25, 0.3) is 0 Å². The van der Waals surface area contributed by atoms with E-state index in [1.165, 1.54) is 22.3 Å². The van der Waals surface area contributed by atoms with Gasteiger partial charge in [0.1, 0.15) is 0 Å². The van der Waals surface area contributed by atoms with Crippen LogP contribution >= 0.6 is 43.6 Å². The molecule has 0 aliphatic carbocycles. The Balaban J connectivity index is 4.44. The van der Waals surface area contributed by atoms with E-state index >= 15 is 0 Å². The van der Waals surface area contributed by atoms with Crippen LogP contribution in [0.5, 0.6) is 0 Å². The van der Waals surface area contributed by atoms with Gasteiger partial charge in [0.05, 0.1) is 0 Å². The molecule has 0 heterocycles. The van der Waals surface area contributed by atoms with E-state index in [1.54, 1.807) is 0 Å². The molecule has 4 heteroatoms. The molecule has 2 unspecified atom stereocenters. The average molecular weight is 433 g/mol. The summed E-state index contributed by atoms with van der Waals surface area (Å²) < 4.78 is 1.32. The predicted molar refractivity (Wildman–Crippen MR) is 87.4 cm³/mol. The summed E-state index contributed by atoms with van der Waals surface area (Å²) >= 11 is 12.4. The zero-order chi connectivity index (χ0) is 12.6. The van der Waals surface area contributed by atoms with E-state index in [-0.39, 0.29) is 9.65 Å². The fourth-order valence-electron chi connectivity index (χ4n) is 1.14. The van der Waals surface area contributed by atoms with E-state index in [2.05, 4.69) is 67.5 Å². The molecular formula is C12H18Br2SSe. The molecule has 92 valence electrons. The second-order valence-corrected chi connectivity index (χ2v) is 8.16. The van der Waals surface area contributed by atoms with Crippen LogP contribution in [0.3, 0.4) is 0 Å². The first kappa shape index (κ1) is 17.2. The zero-order valence-corrected chi connectivity index (χ0v) is 15.2. The van der Waals surface area contributed by atoms with Gasteiger partial charge in [-0.25, -0.2) is 0 Å². The van der Waals surface area contributed by atoms with Gasteiger partial charge in [0.25, 0.3) is 0 Å². The van der Waals surface area contributed by atoms with Crippen LogP contribution < -0.4 is 0 Å². The van der Waals surface area contributed by atoms with Crippen molar-refractivity contribution in [1.29, 1.82) is 0 Å². The van der Waals surface area contributed by atoms with Crippen LogP contribution in [0.2, 0.25) is 0 Å². The third-order valence-corrected chi connectivity index (χ3v) is 6.40. The minimum absolute atomic E-state index is 0.264. The Morgan fingerprint density at radius 3 is 2.19 bits per heavy atom. The van der Waals surface area contributed by atoms with Gasteiger partial charge in [0, 0.05) is 0 Å². The summed E-state index contributed by atoms with van der Waals surface area (Å²) in [5.74, 6) is 1.53. The number of alkyl halides is 2. The van der Waals surface area contributed by atoms with Crippen molar-refractivity contribution in [1.82, 2.24) is 0 Å². The van der Waals surface area contributed by atoms with Gasteiger partial charge < -0.3 is 0 Å². The number of hydrogen-bond donors (Lipinski definition) is 0. The Morgan fingerprint density at radius 2 is 1.81 bits per heavy atom. The number of halogens is 2. The van der Waals surface area contributed by atoms with Crippen LogP contribution in [0, 0.1) is 5.92 Å². The van der Waals surface area contributed by atoms with Gasteiger partial charge in [0.15, 0.2) is 0 Å². The molecule has 2 atom stereocenters. The first-order valence-corrected chi connectivity index (χ1v) is 8.95. The Kier molecular flexibility index (Phi) is 10.9. The molecule has 0 aromatic carbocycles.